The van der Waals surface area contributed by atoms with Crippen LogP contribution < -0.4 is 15.5 Å². The zero-order chi connectivity index (χ0) is 22.7. The molecule has 0 aliphatic carbocycles. The molecular weight excluding hydrogens is 411 g/mol. The Labute approximate surface area is 183 Å². The maximum Gasteiger partial charge on any atom is 0.320 e. The van der Waals surface area contributed by atoms with Crippen molar-refractivity contribution in [3.63, 3.8) is 0 Å². The molecule has 0 radical (unpaired) electrons. The quantitative estimate of drug-likeness (QED) is 0.500. The Hall–Kier alpha value is -4.27. The summed E-state index contributed by atoms with van der Waals surface area (Å²) >= 11 is 0. The summed E-state index contributed by atoms with van der Waals surface area (Å²) in [4.78, 5) is 30.3. The van der Waals surface area contributed by atoms with Gasteiger partial charge in [0.25, 0.3) is 5.91 Å². The number of hydrogen-bond acceptors (Lipinski definition) is 4. The van der Waals surface area contributed by atoms with Crippen LogP contribution in [0, 0.1) is 5.82 Å². The predicted molar refractivity (Wildman–Crippen MR) is 120 cm³/mol. The zero-order valence-electron chi connectivity index (χ0n) is 17.5. The molecule has 0 atom stereocenters. The summed E-state index contributed by atoms with van der Waals surface area (Å²) < 4.78 is 15.2. The molecule has 0 saturated heterocycles. The van der Waals surface area contributed by atoms with E-state index in [0.29, 0.717) is 23.6 Å². The second kappa shape index (κ2) is 8.84. The van der Waals surface area contributed by atoms with Gasteiger partial charge in [-0.3, -0.25) is 10.1 Å². The number of rotatable bonds is 5. The van der Waals surface area contributed by atoms with E-state index >= 15 is 0 Å². The van der Waals surface area contributed by atoms with Crippen molar-refractivity contribution in [1.82, 2.24) is 19.9 Å². The molecule has 162 valence electrons. The minimum atomic E-state index is -0.409. The highest BCUT2D eigenvalue weighted by molar-refractivity contribution is 6.06. The van der Waals surface area contributed by atoms with Crippen LogP contribution in [0.15, 0.2) is 67.1 Å². The average Bonchev–Trinajstić information content (AvgIpc) is 3.22. The number of amides is 3. The number of anilines is 2. The van der Waals surface area contributed by atoms with Crippen LogP contribution in [0.1, 0.15) is 17.3 Å². The molecule has 4 rings (SSSR count). The van der Waals surface area contributed by atoms with E-state index in [1.807, 2.05) is 13.0 Å². The van der Waals surface area contributed by atoms with E-state index < -0.39 is 5.82 Å². The first-order valence-corrected chi connectivity index (χ1v) is 9.98. The predicted octanol–water partition coefficient (Wildman–Crippen LogP) is 3.95. The van der Waals surface area contributed by atoms with Gasteiger partial charge in [0, 0.05) is 48.4 Å². The number of fused-ring (bicyclic) bond motifs is 1. The van der Waals surface area contributed by atoms with Gasteiger partial charge in [-0.15, -0.1) is 0 Å². The number of aromatic nitrogens is 3. The van der Waals surface area contributed by atoms with Gasteiger partial charge in [0.05, 0.1) is 11.7 Å². The lowest BCUT2D eigenvalue weighted by molar-refractivity contribution is 0.0993. The maximum absolute atomic E-state index is 13.6. The van der Waals surface area contributed by atoms with Gasteiger partial charge >= 0.3 is 6.03 Å². The Morgan fingerprint density at radius 3 is 2.69 bits per heavy atom. The second-order valence-electron chi connectivity index (χ2n) is 7.06. The molecule has 0 aliphatic heterocycles. The van der Waals surface area contributed by atoms with Gasteiger partial charge in [0.2, 0.25) is 0 Å². The largest absolute Gasteiger partial charge is 0.338 e. The van der Waals surface area contributed by atoms with E-state index in [0.717, 1.165) is 16.6 Å². The average molecular weight is 432 g/mol. The maximum atomic E-state index is 13.6. The van der Waals surface area contributed by atoms with Crippen LogP contribution in [-0.2, 0) is 0 Å². The summed E-state index contributed by atoms with van der Waals surface area (Å²) in [5.74, 6) is -0.262. The van der Waals surface area contributed by atoms with Crippen LogP contribution in [0.25, 0.3) is 16.6 Å². The van der Waals surface area contributed by atoms with Crippen molar-refractivity contribution in [3.8, 4) is 11.1 Å². The lowest BCUT2D eigenvalue weighted by Crippen LogP contribution is -2.28. The van der Waals surface area contributed by atoms with Gasteiger partial charge in [-0.25, -0.2) is 18.7 Å². The van der Waals surface area contributed by atoms with Crippen molar-refractivity contribution in [3.05, 3.63) is 78.5 Å². The molecule has 0 saturated carbocycles. The smallest absolute Gasteiger partial charge is 0.320 e. The first kappa shape index (κ1) is 21.0. The Morgan fingerprint density at radius 2 is 1.97 bits per heavy atom. The highest BCUT2D eigenvalue weighted by atomic mass is 19.1. The lowest BCUT2D eigenvalue weighted by atomic mass is 10.1. The molecule has 3 aromatic heterocycles. The molecule has 3 amide bonds. The van der Waals surface area contributed by atoms with Gasteiger partial charge in [0.1, 0.15) is 11.6 Å². The van der Waals surface area contributed by atoms with Gasteiger partial charge in [-0.05, 0) is 49.4 Å². The molecule has 0 spiro atoms. The molecule has 0 bridgehead atoms. The Bertz CT molecular complexity index is 1290. The molecule has 2 N–H and O–H groups in total. The summed E-state index contributed by atoms with van der Waals surface area (Å²) in [5, 5.41) is 9.63. The number of carbonyl (C=O) groups excluding carboxylic acids is 2. The SMILES string of the molecule is CCNC(=O)Nc1ccc(-c2cnn3ccc(C(=O)N(C)c4cccc(F)c4)cc23)cn1. The van der Waals surface area contributed by atoms with E-state index in [4.69, 9.17) is 0 Å². The zero-order valence-corrected chi connectivity index (χ0v) is 17.5. The van der Waals surface area contributed by atoms with E-state index in [1.54, 1.807) is 60.5 Å². The van der Waals surface area contributed by atoms with Crippen LogP contribution >= 0.6 is 0 Å². The molecule has 3 heterocycles. The fraction of sp³-hybridized carbons (Fsp3) is 0.130. The van der Waals surface area contributed by atoms with Gasteiger partial charge in [0.15, 0.2) is 0 Å². The Balaban J connectivity index is 1.61. The number of hydrogen-bond donors (Lipinski definition) is 2. The van der Waals surface area contributed by atoms with Crippen LogP contribution in [0.3, 0.4) is 0 Å². The summed E-state index contributed by atoms with van der Waals surface area (Å²) in [7, 11) is 1.60. The molecule has 4 aromatic rings. The second-order valence-corrected chi connectivity index (χ2v) is 7.06. The van der Waals surface area contributed by atoms with Crippen LogP contribution in [-0.4, -0.2) is 40.1 Å². The summed E-state index contributed by atoms with van der Waals surface area (Å²) in [5.41, 5.74) is 3.18. The highest BCUT2D eigenvalue weighted by Gasteiger charge is 2.16. The molecule has 32 heavy (non-hydrogen) atoms. The topological polar surface area (TPSA) is 91.6 Å². The highest BCUT2D eigenvalue weighted by Crippen LogP contribution is 2.26. The monoisotopic (exact) mass is 432 g/mol. The number of carbonyl (C=O) groups is 2. The third kappa shape index (κ3) is 4.27. The van der Waals surface area contributed by atoms with Gasteiger partial charge in [-0.1, -0.05) is 6.07 Å². The molecule has 0 aliphatic rings. The van der Waals surface area contributed by atoms with Crippen molar-refractivity contribution in [2.45, 2.75) is 6.92 Å². The van der Waals surface area contributed by atoms with Gasteiger partial charge < -0.3 is 10.2 Å². The third-order valence-corrected chi connectivity index (χ3v) is 4.92. The fourth-order valence-corrected chi connectivity index (χ4v) is 3.28. The number of urea groups is 1. The normalized spacial score (nSPS) is 10.7. The number of pyridine rings is 2. The van der Waals surface area contributed by atoms with E-state index in [9.17, 15) is 14.0 Å². The van der Waals surface area contributed by atoms with E-state index in [2.05, 4.69) is 20.7 Å². The number of nitrogens with one attached hydrogen (secondary N) is 2. The molecule has 9 heteroatoms. The molecular formula is C23H21FN6O2. The molecule has 8 nitrogen and oxygen atoms in total. The van der Waals surface area contributed by atoms with E-state index in [-0.39, 0.29) is 11.9 Å². The van der Waals surface area contributed by atoms with Crippen LogP contribution in [0.5, 0.6) is 0 Å². The van der Waals surface area contributed by atoms with Crippen molar-refractivity contribution in [2.24, 2.45) is 0 Å². The van der Waals surface area contributed by atoms with Crippen molar-refractivity contribution in [2.75, 3.05) is 23.8 Å². The first-order chi connectivity index (χ1) is 15.5. The van der Waals surface area contributed by atoms with Crippen molar-refractivity contribution < 1.29 is 14.0 Å². The summed E-state index contributed by atoms with van der Waals surface area (Å²) in [6.07, 6.45) is 5.02. The van der Waals surface area contributed by atoms with Crippen LogP contribution in [0.4, 0.5) is 20.7 Å². The lowest BCUT2D eigenvalue weighted by Gasteiger charge is -2.17. The molecule has 0 fully saturated rings. The van der Waals surface area contributed by atoms with Crippen molar-refractivity contribution in [1.29, 1.82) is 0 Å². The van der Waals surface area contributed by atoms with Gasteiger partial charge in [-0.2, -0.15) is 5.10 Å². The number of nitrogens with zero attached hydrogens (tertiary/aromatic N) is 4. The standard InChI is InChI=1S/C23H21FN6O2/c1-3-25-23(32)28-21-8-7-16(13-26-21)19-14-27-30-10-9-15(11-20(19)30)22(31)29(2)18-6-4-5-17(24)12-18/h4-14H,3H2,1-2H3,(H2,25,26,28,32). The Kier molecular flexibility index (Phi) is 5.80. The first-order valence-electron chi connectivity index (χ1n) is 9.98. The fourth-order valence-electron chi connectivity index (χ4n) is 3.28. The Morgan fingerprint density at radius 1 is 1.12 bits per heavy atom. The molecule has 1 aromatic carbocycles. The minimum absolute atomic E-state index is 0.273. The molecule has 0 unspecified atom stereocenters. The van der Waals surface area contributed by atoms with Crippen molar-refractivity contribution >= 4 is 29.0 Å². The summed E-state index contributed by atoms with van der Waals surface area (Å²) in [6, 6.07) is 12.5. The van der Waals surface area contributed by atoms with Crippen LogP contribution in [0.2, 0.25) is 0 Å². The number of halogens is 1. The third-order valence-electron chi connectivity index (χ3n) is 4.92. The number of benzene rings is 1. The van der Waals surface area contributed by atoms with E-state index in [1.165, 1.54) is 17.0 Å². The summed E-state index contributed by atoms with van der Waals surface area (Å²) in [6.45, 7) is 2.35. The minimum Gasteiger partial charge on any atom is -0.338 e.